The molecule has 0 aromatic heterocycles. The van der Waals surface area contributed by atoms with Crippen LogP contribution in [0.15, 0.2) is 0 Å². The molecule has 2 atom stereocenters. The van der Waals surface area contributed by atoms with Crippen LogP contribution < -0.4 is 0 Å². The van der Waals surface area contributed by atoms with Crippen molar-refractivity contribution >= 4 is 56.8 Å². The maximum atomic E-state index is 6.42. The molecule has 6 saturated heterocycles. The van der Waals surface area contributed by atoms with Crippen molar-refractivity contribution in [3.8, 4) is 0 Å². The molecule has 6 aliphatic rings. The minimum absolute atomic E-state index is 0.341. The minimum Gasteiger partial charge on any atom is -0.374 e. The van der Waals surface area contributed by atoms with Crippen LogP contribution in [0.3, 0.4) is 0 Å². The van der Waals surface area contributed by atoms with E-state index >= 15 is 0 Å². The molecular weight excluding hydrogens is 829 g/mol. The summed E-state index contributed by atoms with van der Waals surface area (Å²) in [4.78, 5) is 4.73. The van der Waals surface area contributed by atoms with Crippen molar-refractivity contribution < 1.29 is 53.1 Å². The van der Waals surface area contributed by atoms with Crippen LogP contribution >= 0.6 is 21.6 Å². The third kappa shape index (κ3) is 16.7. The van der Waals surface area contributed by atoms with Crippen molar-refractivity contribution in [3.63, 3.8) is 0 Å². The Balaban J connectivity index is 1.48. The normalized spacial score (nSPS) is 27.5. The number of hydrogen-bond acceptors (Lipinski definition) is 16. The van der Waals surface area contributed by atoms with Crippen LogP contribution in [0.1, 0.15) is 80.1 Å². The molecule has 6 fully saturated rings. The van der Waals surface area contributed by atoms with Crippen LogP contribution in [-0.4, -0.2) is 174 Å². The van der Waals surface area contributed by atoms with Crippen molar-refractivity contribution in [2.75, 3.05) is 119 Å². The fourth-order valence-corrected chi connectivity index (χ4v) is 22.0. The Labute approximate surface area is 351 Å². The zero-order chi connectivity index (χ0) is 40.0. The van der Waals surface area contributed by atoms with Crippen molar-refractivity contribution in [3.05, 3.63) is 0 Å². The molecule has 14 nitrogen and oxygen atoms in total. The van der Waals surface area contributed by atoms with Gasteiger partial charge in [-0.25, -0.2) is 0 Å². The molecule has 2 unspecified atom stereocenters. The average molecular weight is 905 g/mol. The molecule has 6 aliphatic heterocycles. The highest BCUT2D eigenvalue weighted by Crippen LogP contribution is 2.42. The highest BCUT2D eigenvalue weighted by molar-refractivity contribution is 8.77. The lowest BCUT2D eigenvalue weighted by Gasteiger charge is -2.38. The monoisotopic (exact) mass is 904 g/mol. The summed E-state index contributed by atoms with van der Waals surface area (Å²) in [5, 5.41) is 0.683. The van der Waals surface area contributed by atoms with E-state index in [1.54, 1.807) is 0 Å². The van der Waals surface area contributed by atoms with Gasteiger partial charge in [0.15, 0.2) is 0 Å². The van der Waals surface area contributed by atoms with Gasteiger partial charge in [-0.05, 0) is 80.1 Å². The SMILES string of the molecule is CCO[Si](CCC(CCC[Si]12OCCN(CCO1)CCO2)SSC(CCC[Si]12OCCN(CCO1)CCO2)CC[Si](OCC)(OCC)OCC)(OCC)OCC. The second kappa shape index (κ2) is 27.1. The molecule has 6 heterocycles. The number of fused-ring (bicyclic) bond motifs is 12. The second-order valence-electron chi connectivity index (χ2n) is 14.4. The number of nitrogens with zero attached hydrogens (tertiary/aromatic N) is 2. The van der Waals surface area contributed by atoms with Gasteiger partial charge in [0, 0.05) is 114 Å². The lowest BCUT2D eigenvalue weighted by atomic mass is 10.2. The van der Waals surface area contributed by atoms with Crippen molar-refractivity contribution in [2.45, 2.75) is 115 Å². The van der Waals surface area contributed by atoms with E-state index < -0.39 is 35.2 Å². The standard InChI is InChI=1S/C36H76N2O12S2Si4/c1-7-39-55(40-8-2,41-9-3)33-17-35(15-13-31-53-45-25-19-37(20-26-46-53)21-27-47-53)51-52-36(18-34-56(42-10-4,43-11-5)44-12-6)16-14-32-54-48-28-22-38(23-29-49-54)24-30-50-54/h35-36H,7-34H2,1-6H3. The number of rotatable bonds is 29. The summed E-state index contributed by atoms with van der Waals surface area (Å²) in [6, 6.07) is 3.22. The quantitative estimate of drug-likeness (QED) is 0.0628. The van der Waals surface area contributed by atoms with E-state index in [0.29, 0.717) is 89.8 Å². The molecule has 0 N–H and O–H groups in total. The predicted octanol–water partition coefficient (Wildman–Crippen LogP) is 6.18. The van der Waals surface area contributed by atoms with Crippen LogP contribution in [0.5, 0.6) is 0 Å². The Morgan fingerprint density at radius 2 is 0.714 bits per heavy atom. The van der Waals surface area contributed by atoms with Gasteiger partial charge in [0.25, 0.3) is 0 Å². The molecule has 56 heavy (non-hydrogen) atoms. The first-order valence-corrected chi connectivity index (χ1v) is 31.7. The van der Waals surface area contributed by atoms with E-state index in [1.165, 1.54) is 0 Å². The summed E-state index contributed by atoms with van der Waals surface area (Å²) in [6.45, 7) is 25.3. The van der Waals surface area contributed by atoms with Crippen LogP contribution in [0.4, 0.5) is 0 Å². The maximum Gasteiger partial charge on any atom is 0.501 e. The average Bonchev–Trinajstić information content (AvgIpc) is 3.12. The molecule has 0 aromatic rings. The molecule has 6 rings (SSSR count). The third-order valence-corrected chi connectivity index (χ3v) is 26.0. The smallest absolute Gasteiger partial charge is 0.374 e. The Bertz CT molecular complexity index is 892. The fraction of sp³-hybridized carbons (Fsp3) is 1.00. The van der Waals surface area contributed by atoms with E-state index in [0.717, 1.165) is 102 Å². The summed E-state index contributed by atoms with van der Waals surface area (Å²) in [5.74, 6) is 0. The minimum atomic E-state index is -2.83. The van der Waals surface area contributed by atoms with Crippen molar-refractivity contribution in [1.82, 2.24) is 9.80 Å². The van der Waals surface area contributed by atoms with E-state index in [1.807, 2.05) is 63.1 Å². The molecular formula is C36H76N2O12S2Si4. The largest absolute Gasteiger partial charge is 0.501 e. The summed E-state index contributed by atoms with van der Waals surface area (Å²) >= 11 is 0. The van der Waals surface area contributed by atoms with Gasteiger partial charge in [-0.1, -0.05) is 21.6 Å². The Morgan fingerprint density at radius 1 is 0.446 bits per heavy atom. The molecule has 0 amide bonds. The van der Waals surface area contributed by atoms with Gasteiger partial charge >= 0.3 is 35.2 Å². The molecule has 0 radical (unpaired) electrons. The van der Waals surface area contributed by atoms with Crippen LogP contribution in [-0.2, 0) is 53.1 Å². The van der Waals surface area contributed by atoms with Crippen LogP contribution in [0, 0.1) is 0 Å². The second-order valence-corrected chi connectivity index (χ2v) is 28.2. The van der Waals surface area contributed by atoms with Crippen LogP contribution in [0.25, 0.3) is 0 Å². The summed E-state index contributed by atoms with van der Waals surface area (Å²) < 4.78 is 76.4. The van der Waals surface area contributed by atoms with E-state index in [-0.39, 0.29) is 0 Å². The van der Waals surface area contributed by atoms with Crippen molar-refractivity contribution in [2.24, 2.45) is 0 Å². The summed E-state index contributed by atoms with van der Waals surface area (Å²) in [6.07, 6.45) is 5.82. The molecule has 0 spiro atoms. The first-order valence-electron chi connectivity index (χ1n) is 21.7. The van der Waals surface area contributed by atoms with Gasteiger partial charge in [0.2, 0.25) is 0 Å². The molecule has 0 saturated carbocycles. The summed E-state index contributed by atoms with van der Waals surface area (Å²) in [5.41, 5.74) is 0. The molecule has 330 valence electrons. The zero-order valence-electron chi connectivity index (χ0n) is 35.6. The molecule has 20 heteroatoms. The zero-order valence-corrected chi connectivity index (χ0v) is 41.2. The van der Waals surface area contributed by atoms with Gasteiger partial charge in [0.05, 0.1) is 39.6 Å². The van der Waals surface area contributed by atoms with Crippen LogP contribution in [0.2, 0.25) is 24.2 Å². The number of hydrogen-bond donors (Lipinski definition) is 0. The van der Waals surface area contributed by atoms with E-state index in [9.17, 15) is 0 Å². The fourth-order valence-electron chi connectivity index (χ4n) is 7.74. The molecule has 0 aliphatic carbocycles. The molecule has 4 bridgehead atoms. The van der Waals surface area contributed by atoms with Gasteiger partial charge in [-0.2, -0.15) is 0 Å². The topological polar surface area (TPSA) is 117 Å². The maximum absolute atomic E-state index is 6.42. The first-order chi connectivity index (χ1) is 27.3. The van der Waals surface area contributed by atoms with Gasteiger partial charge in [-0.3, -0.25) is 9.80 Å². The van der Waals surface area contributed by atoms with Gasteiger partial charge < -0.3 is 53.1 Å². The van der Waals surface area contributed by atoms with Crippen molar-refractivity contribution in [1.29, 1.82) is 0 Å². The molecule has 0 aromatic carbocycles. The Kier molecular flexibility index (Phi) is 24.1. The lowest BCUT2D eigenvalue weighted by Crippen LogP contribution is -2.55. The van der Waals surface area contributed by atoms with E-state index in [4.69, 9.17) is 53.1 Å². The summed E-state index contributed by atoms with van der Waals surface area (Å²) in [7, 11) is -7.10. The third-order valence-electron chi connectivity index (χ3n) is 10.5. The van der Waals surface area contributed by atoms with Gasteiger partial charge in [0.1, 0.15) is 0 Å². The highest BCUT2D eigenvalue weighted by Gasteiger charge is 2.46. The lowest BCUT2D eigenvalue weighted by molar-refractivity contribution is -0.00908. The first kappa shape index (κ1) is 49.7. The highest BCUT2D eigenvalue weighted by atomic mass is 33.1. The van der Waals surface area contributed by atoms with E-state index in [2.05, 4.69) is 9.80 Å². The Morgan fingerprint density at radius 3 is 0.964 bits per heavy atom. The van der Waals surface area contributed by atoms with Gasteiger partial charge in [-0.15, -0.1) is 0 Å². The Hall–Kier alpha value is 1.01. The predicted molar refractivity (Wildman–Crippen MR) is 231 cm³/mol.